The van der Waals surface area contributed by atoms with Crippen molar-refractivity contribution in [2.24, 2.45) is 5.92 Å². The summed E-state index contributed by atoms with van der Waals surface area (Å²) in [6, 6.07) is 4.03. The molecule has 0 unspecified atom stereocenters. The van der Waals surface area contributed by atoms with Crippen molar-refractivity contribution >= 4 is 16.9 Å². The third-order valence-electron chi connectivity index (χ3n) is 5.32. The average Bonchev–Trinajstić information content (AvgIpc) is 3.06. The lowest BCUT2D eigenvalue weighted by molar-refractivity contribution is 0.0216. The van der Waals surface area contributed by atoms with Crippen molar-refractivity contribution < 1.29 is 13.9 Å². The number of furan rings is 1. The van der Waals surface area contributed by atoms with Crippen LogP contribution in [-0.4, -0.2) is 48.1 Å². The molecule has 3 fully saturated rings. The second kappa shape index (κ2) is 5.53. The largest absolute Gasteiger partial charge is 0.480 e. The Hall–Kier alpha value is -2.08. The number of aromatic nitrogens is 1. The summed E-state index contributed by atoms with van der Waals surface area (Å²) in [5.41, 5.74) is 0.955. The van der Waals surface area contributed by atoms with Gasteiger partial charge < -0.3 is 14.5 Å². The van der Waals surface area contributed by atoms with Gasteiger partial charge in [-0.25, -0.2) is 4.98 Å². The van der Waals surface area contributed by atoms with Gasteiger partial charge in [-0.05, 0) is 44.8 Å². The van der Waals surface area contributed by atoms with E-state index < -0.39 is 0 Å². The Labute approximate surface area is 134 Å². The Morgan fingerprint density at radius 1 is 1.43 bits per heavy atom. The molecule has 1 amide bonds. The van der Waals surface area contributed by atoms with E-state index in [4.69, 9.17) is 9.15 Å². The molecule has 2 bridgehead atoms. The summed E-state index contributed by atoms with van der Waals surface area (Å²) in [6.45, 7) is 4.48. The van der Waals surface area contributed by atoms with Gasteiger partial charge in [0.2, 0.25) is 5.88 Å². The number of methoxy groups -OCH3 is 1. The summed E-state index contributed by atoms with van der Waals surface area (Å²) in [5, 5.41) is 3.96. The van der Waals surface area contributed by atoms with Crippen molar-refractivity contribution in [3.63, 3.8) is 0 Å². The van der Waals surface area contributed by atoms with Crippen LogP contribution in [0.4, 0.5) is 0 Å². The van der Waals surface area contributed by atoms with Crippen molar-refractivity contribution in [2.45, 2.75) is 31.8 Å². The summed E-state index contributed by atoms with van der Waals surface area (Å²) >= 11 is 0. The molecule has 0 saturated carbocycles. The molecule has 0 radical (unpaired) electrons. The first-order chi connectivity index (χ1) is 11.2. The highest BCUT2D eigenvalue weighted by molar-refractivity contribution is 5.96. The molecule has 6 heteroatoms. The van der Waals surface area contributed by atoms with E-state index in [2.05, 4.69) is 22.1 Å². The predicted octanol–water partition coefficient (Wildman–Crippen LogP) is 2.05. The summed E-state index contributed by atoms with van der Waals surface area (Å²) in [4.78, 5) is 19.5. The number of piperidine rings is 3. The lowest BCUT2D eigenvalue weighted by Gasteiger charge is -2.49. The number of hydrogen-bond donors (Lipinski definition) is 1. The van der Waals surface area contributed by atoms with Crippen LogP contribution in [0.1, 0.15) is 30.3 Å². The van der Waals surface area contributed by atoms with Gasteiger partial charge in [0.1, 0.15) is 11.3 Å². The number of hydrogen-bond acceptors (Lipinski definition) is 5. The molecule has 2 aromatic rings. The number of fused-ring (bicyclic) bond motifs is 4. The third-order valence-corrected chi connectivity index (χ3v) is 5.32. The molecule has 2 aromatic heterocycles. The van der Waals surface area contributed by atoms with E-state index in [-0.39, 0.29) is 11.9 Å². The number of carbonyl (C=O) groups excluding carboxylic acids is 1. The highest BCUT2D eigenvalue weighted by Gasteiger charge is 2.40. The second-order valence-electron chi connectivity index (χ2n) is 6.46. The molecule has 23 heavy (non-hydrogen) atoms. The Kier molecular flexibility index (Phi) is 3.49. The van der Waals surface area contributed by atoms with Crippen LogP contribution < -0.4 is 10.1 Å². The Balaban J connectivity index is 1.59. The molecule has 0 aromatic carbocycles. The van der Waals surface area contributed by atoms with Crippen LogP contribution in [-0.2, 0) is 0 Å². The maximum Gasteiger partial charge on any atom is 0.270 e. The summed E-state index contributed by atoms with van der Waals surface area (Å²) < 4.78 is 10.7. The van der Waals surface area contributed by atoms with Gasteiger partial charge in [-0.15, -0.1) is 0 Å². The smallest absolute Gasteiger partial charge is 0.270 e. The topological polar surface area (TPSA) is 67.6 Å². The molecule has 0 aliphatic carbocycles. The van der Waals surface area contributed by atoms with E-state index in [9.17, 15) is 4.79 Å². The first kappa shape index (κ1) is 14.5. The van der Waals surface area contributed by atoms with Crippen LogP contribution in [0, 0.1) is 5.92 Å². The number of pyridine rings is 1. The minimum Gasteiger partial charge on any atom is -0.480 e. The Bertz CT molecular complexity index is 732. The van der Waals surface area contributed by atoms with Crippen molar-refractivity contribution in [1.82, 2.24) is 15.2 Å². The Morgan fingerprint density at radius 2 is 2.22 bits per heavy atom. The fourth-order valence-electron chi connectivity index (χ4n) is 3.98. The number of ether oxygens (including phenoxy) is 1. The van der Waals surface area contributed by atoms with E-state index in [1.54, 1.807) is 25.5 Å². The van der Waals surface area contributed by atoms with Gasteiger partial charge in [-0.3, -0.25) is 9.69 Å². The molecule has 5 rings (SSSR count). The molecule has 1 N–H and O–H groups in total. The van der Waals surface area contributed by atoms with Gasteiger partial charge in [0.25, 0.3) is 5.91 Å². The van der Waals surface area contributed by atoms with Gasteiger partial charge in [0.05, 0.1) is 18.8 Å². The van der Waals surface area contributed by atoms with Crippen LogP contribution in [0.3, 0.4) is 0 Å². The van der Waals surface area contributed by atoms with E-state index in [0.717, 1.165) is 31.3 Å². The molecule has 2 atom stereocenters. The molecule has 6 nitrogen and oxygen atoms in total. The number of carbonyl (C=O) groups is 1. The van der Waals surface area contributed by atoms with Gasteiger partial charge in [0, 0.05) is 18.2 Å². The molecule has 3 saturated heterocycles. The van der Waals surface area contributed by atoms with Gasteiger partial charge in [0.15, 0.2) is 0 Å². The second-order valence-corrected chi connectivity index (χ2v) is 6.46. The number of rotatable bonds is 3. The zero-order valence-corrected chi connectivity index (χ0v) is 13.4. The molecular formula is C17H21N3O3. The molecular weight excluding hydrogens is 294 g/mol. The molecule has 122 valence electrons. The standard InChI is InChI=1S/C17H21N3O3/c1-10-15(11-3-6-20(10)7-4-11)19-16(21)13-9-14-12(5-8-23-14)17(18-13)22-2/h5,8-11,15H,3-4,6-7H2,1-2H3,(H,19,21)/t10-,15+/m1/s1. The first-order valence-corrected chi connectivity index (χ1v) is 8.14. The summed E-state index contributed by atoms with van der Waals surface area (Å²) in [6.07, 6.45) is 3.89. The van der Waals surface area contributed by atoms with Crippen LogP contribution in [0.2, 0.25) is 0 Å². The van der Waals surface area contributed by atoms with Crippen molar-refractivity contribution in [1.29, 1.82) is 0 Å². The van der Waals surface area contributed by atoms with Crippen molar-refractivity contribution in [2.75, 3.05) is 20.2 Å². The summed E-state index contributed by atoms with van der Waals surface area (Å²) in [5.74, 6) is 0.823. The van der Waals surface area contributed by atoms with E-state index >= 15 is 0 Å². The van der Waals surface area contributed by atoms with Gasteiger partial charge in [-0.2, -0.15) is 0 Å². The monoisotopic (exact) mass is 315 g/mol. The first-order valence-electron chi connectivity index (χ1n) is 8.14. The lowest BCUT2D eigenvalue weighted by atomic mass is 9.79. The van der Waals surface area contributed by atoms with Crippen LogP contribution in [0.5, 0.6) is 5.88 Å². The van der Waals surface area contributed by atoms with Crippen LogP contribution in [0.25, 0.3) is 11.0 Å². The van der Waals surface area contributed by atoms with Crippen molar-refractivity contribution in [3.8, 4) is 5.88 Å². The van der Waals surface area contributed by atoms with E-state index in [1.165, 1.54) is 0 Å². The molecule has 3 aliphatic heterocycles. The minimum absolute atomic E-state index is 0.160. The maximum atomic E-state index is 12.7. The van der Waals surface area contributed by atoms with Crippen LogP contribution >= 0.6 is 0 Å². The molecule has 3 aliphatic rings. The number of amides is 1. The predicted molar refractivity (Wildman–Crippen MR) is 85.6 cm³/mol. The lowest BCUT2D eigenvalue weighted by Crippen LogP contribution is -2.62. The fourth-order valence-corrected chi connectivity index (χ4v) is 3.98. The molecule has 5 heterocycles. The summed E-state index contributed by atoms with van der Waals surface area (Å²) in [7, 11) is 1.55. The van der Waals surface area contributed by atoms with Crippen LogP contribution in [0.15, 0.2) is 22.8 Å². The SMILES string of the molecule is COc1nc(C(=O)N[C@@H]2C3CCN(CC3)[C@@H]2C)cc2occc12. The maximum absolute atomic E-state index is 12.7. The third kappa shape index (κ3) is 2.37. The quantitative estimate of drug-likeness (QED) is 0.939. The zero-order valence-electron chi connectivity index (χ0n) is 13.4. The van der Waals surface area contributed by atoms with E-state index in [0.29, 0.717) is 29.1 Å². The van der Waals surface area contributed by atoms with Gasteiger partial charge >= 0.3 is 0 Å². The fraction of sp³-hybridized carbons (Fsp3) is 0.529. The normalized spacial score (nSPS) is 29.7. The number of nitrogens with one attached hydrogen (secondary N) is 1. The highest BCUT2D eigenvalue weighted by Crippen LogP contribution is 2.32. The zero-order chi connectivity index (χ0) is 16.0. The highest BCUT2D eigenvalue weighted by atomic mass is 16.5. The average molecular weight is 315 g/mol. The number of nitrogens with zero attached hydrogens (tertiary/aromatic N) is 2. The molecule has 0 spiro atoms. The van der Waals surface area contributed by atoms with Crippen molar-refractivity contribution in [3.05, 3.63) is 24.1 Å². The van der Waals surface area contributed by atoms with Gasteiger partial charge in [-0.1, -0.05) is 0 Å². The minimum atomic E-state index is -0.160. The Morgan fingerprint density at radius 3 is 2.91 bits per heavy atom. The van der Waals surface area contributed by atoms with E-state index in [1.807, 2.05) is 0 Å².